The van der Waals surface area contributed by atoms with Gasteiger partial charge >= 0.3 is 0 Å². The lowest BCUT2D eigenvalue weighted by molar-refractivity contribution is -0.385. The lowest BCUT2D eigenvalue weighted by atomic mass is 9.63. The number of allylic oxidation sites excluding steroid dienone is 2. The molecule has 6 heteroatoms. The molecule has 6 nitrogen and oxygen atoms in total. The summed E-state index contributed by atoms with van der Waals surface area (Å²) >= 11 is 0. The van der Waals surface area contributed by atoms with Gasteiger partial charge in [0.1, 0.15) is 0 Å². The SMILES string of the molecule is Cc1ccc(N2C(=O)[C@@H]3[C@H](C2=O)[C@H]2C=C[C@H]3CC2)cc1[N+](=O)[O-]. The van der Waals surface area contributed by atoms with Gasteiger partial charge in [0.15, 0.2) is 0 Å². The zero-order chi connectivity index (χ0) is 16.3. The first kappa shape index (κ1) is 14.1. The van der Waals surface area contributed by atoms with E-state index in [-0.39, 0.29) is 41.2 Å². The second-order valence-electron chi connectivity index (χ2n) is 6.58. The molecule has 0 spiro atoms. The highest BCUT2D eigenvalue weighted by Gasteiger charge is 2.56. The molecule has 2 fully saturated rings. The van der Waals surface area contributed by atoms with E-state index in [0.29, 0.717) is 11.3 Å². The molecule has 5 rings (SSSR count). The van der Waals surface area contributed by atoms with Crippen LogP contribution in [0.3, 0.4) is 0 Å². The summed E-state index contributed by atoms with van der Waals surface area (Å²) in [5.74, 6) is -0.786. The fourth-order valence-electron chi connectivity index (χ4n) is 4.26. The van der Waals surface area contributed by atoms with E-state index in [1.54, 1.807) is 19.1 Å². The van der Waals surface area contributed by atoms with Crippen LogP contribution in [0.4, 0.5) is 11.4 Å². The molecule has 23 heavy (non-hydrogen) atoms. The zero-order valence-corrected chi connectivity index (χ0v) is 12.6. The fourth-order valence-corrected chi connectivity index (χ4v) is 4.26. The first-order chi connectivity index (χ1) is 11.0. The van der Waals surface area contributed by atoms with E-state index >= 15 is 0 Å². The van der Waals surface area contributed by atoms with Crippen LogP contribution in [0.5, 0.6) is 0 Å². The number of amides is 2. The molecule has 2 amide bonds. The van der Waals surface area contributed by atoms with Crippen molar-refractivity contribution in [3.8, 4) is 0 Å². The second-order valence-corrected chi connectivity index (χ2v) is 6.58. The molecule has 4 aliphatic rings. The predicted molar refractivity (Wildman–Crippen MR) is 82.7 cm³/mol. The van der Waals surface area contributed by atoms with Crippen LogP contribution in [0.25, 0.3) is 0 Å². The molecule has 2 bridgehead atoms. The van der Waals surface area contributed by atoms with Crippen molar-refractivity contribution in [1.29, 1.82) is 0 Å². The van der Waals surface area contributed by atoms with E-state index in [1.165, 1.54) is 11.0 Å². The first-order valence-electron chi connectivity index (χ1n) is 7.80. The van der Waals surface area contributed by atoms with E-state index in [1.807, 2.05) is 0 Å². The van der Waals surface area contributed by atoms with Gasteiger partial charge in [-0.3, -0.25) is 19.7 Å². The van der Waals surface area contributed by atoms with Gasteiger partial charge in [0.05, 0.1) is 22.4 Å². The maximum Gasteiger partial charge on any atom is 0.274 e. The third-order valence-corrected chi connectivity index (χ3v) is 5.41. The second kappa shape index (κ2) is 4.75. The number of benzene rings is 1. The Morgan fingerprint density at radius 3 is 2.13 bits per heavy atom. The summed E-state index contributed by atoms with van der Waals surface area (Å²) in [6.07, 6.45) is 5.98. The van der Waals surface area contributed by atoms with E-state index in [2.05, 4.69) is 12.2 Å². The molecule has 0 N–H and O–H groups in total. The molecule has 3 aliphatic carbocycles. The molecular formula is C17H16N2O4. The maximum absolute atomic E-state index is 12.8. The number of hydrogen-bond acceptors (Lipinski definition) is 4. The average molecular weight is 312 g/mol. The van der Waals surface area contributed by atoms with Crippen LogP contribution < -0.4 is 4.90 Å². The van der Waals surface area contributed by atoms with Crippen molar-refractivity contribution >= 4 is 23.2 Å². The fraction of sp³-hybridized carbons (Fsp3) is 0.412. The summed E-state index contributed by atoms with van der Waals surface area (Å²) in [6.45, 7) is 1.64. The minimum Gasteiger partial charge on any atom is -0.274 e. The Bertz CT molecular complexity index is 738. The van der Waals surface area contributed by atoms with Crippen molar-refractivity contribution in [3.05, 3.63) is 46.0 Å². The Morgan fingerprint density at radius 2 is 1.65 bits per heavy atom. The molecule has 118 valence electrons. The standard InChI is InChI=1S/C17H16N2O4/c1-9-2-7-12(8-13(9)19(22)23)18-16(20)14-10-3-4-11(6-5-10)15(14)17(18)21/h2-4,7-8,10-11,14-15H,5-6H2,1H3/t10-,11-,14-,15+/m0/s1. The molecule has 0 radical (unpaired) electrons. The highest BCUT2D eigenvalue weighted by atomic mass is 16.6. The van der Waals surface area contributed by atoms with Crippen LogP contribution in [0, 0.1) is 40.7 Å². The topological polar surface area (TPSA) is 80.5 Å². The minimum atomic E-state index is -0.484. The quantitative estimate of drug-likeness (QED) is 0.364. The number of aryl methyl sites for hydroxylation is 1. The van der Waals surface area contributed by atoms with E-state index < -0.39 is 4.92 Å². The monoisotopic (exact) mass is 312 g/mol. The molecule has 0 aromatic heterocycles. The van der Waals surface area contributed by atoms with Crippen molar-refractivity contribution in [2.24, 2.45) is 23.7 Å². The van der Waals surface area contributed by atoms with Crippen LogP contribution in [0.15, 0.2) is 30.4 Å². The number of carbonyl (C=O) groups excluding carboxylic acids is 2. The maximum atomic E-state index is 12.8. The summed E-state index contributed by atoms with van der Waals surface area (Å²) in [7, 11) is 0. The van der Waals surface area contributed by atoms with Crippen LogP contribution in [0.1, 0.15) is 18.4 Å². The zero-order valence-electron chi connectivity index (χ0n) is 12.6. The highest BCUT2D eigenvalue weighted by Crippen LogP contribution is 2.50. The average Bonchev–Trinajstić information content (AvgIpc) is 2.83. The largest absolute Gasteiger partial charge is 0.274 e. The van der Waals surface area contributed by atoms with Gasteiger partial charge in [-0.15, -0.1) is 0 Å². The highest BCUT2D eigenvalue weighted by molar-refractivity contribution is 6.22. The van der Waals surface area contributed by atoms with Gasteiger partial charge in [-0.25, -0.2) is 4.90 Å². The van der Waals surface area contributed by atoms with E-state index in [0.717, 1.165) is 12.8 Å². The van der Waals surface area contributed by atoms with Crippen LogP contribution >= 0.6 is 0 Å². The number of rotatable bonds is 2. The normalized spacial score (nSPS) is 31.6. The molecule has 0 unspecified atom stereocenters. The number of hydrogen-bond donors (Lipinski definition) is 0. The molecule has 1 saturated heterocycles. The number of imide groups is 1. The molecular weight excluding hydrogens is 296 g/mol. The number of nitro benzene ring substituents is 1. The first-order valence-corrected chi connectivity index (χ1v) is 7.80. The molecule has 4 atom stereocenters. The molecule has 1 aromatic rings. The summed E-state index contributed by atoms with van der Waals surface area (Å²) < 4.78 is 0. The molecule has 1 aromatic carbocycles. The number of nitro groups is 1. The summed E-state index contributed by atoms with van der Waals surface area (Å²) in [6, 6.07) is 4.53. The Balaban J connectivity index is 1.76. The predicted octanol–water partition coefficient (Wildman–Crippen LogP) is 2.60. The van der Waals surface area contributed by atoms with Gasteiger partial charge in [-0.05, 0) is 37.7 Å². The van der Waals surface area contributed by atoms with Crippen LogP contribution in [0.2, 0.25) is 0 Å². The van der Waals surface area contributed by atoms with E-state index in [4.69, 9.17) is 0 Å². The Labute approximate surface area is 132 Å². The Kier molecular flexibility index (Phi) is 2.91. The third kappa shape index (κ3) is 1.87. The van der Waals surface area contributed by atoms with Gasteiger partial charge in [0, 0.05) is 11.6 Å². The number of fused-ring (bicyclic) bond motifs is 1. The van der Waals surface area contributed by atoms with E-state index in [9.17, 15) is 19.7 Å². The van der Waals surface area contributed by atoms with Crippen LogP contribution in [-0.2, 0) is 9.59 Å². The van der Waals surface area contributed by atoms with Crippen LogP contribution in [-0.4, -0.2) is 16.7 Å². The van der Waals surface area contributed by atoms with Gasteiger partial charge in [-0.2, -0.15) is 0 Å². The third-order valence-electron chi connectivity index (χ3n) is 5.41. The summed E-state index contributed by atoms with van der Waals surface area (Å²) in [4.78, 5) is 37.4. The van der Waals surface area contributed by atoms with Gasteiger partial charge in [-0.1, -0.05) is 18.2 Å². The number of nitrogens with zero attached hydrogens (tertiary/aromatic N) is 2. The Hall–Kier alpha value is -2.50. The van der Waals surface area contributed by atoms with Crippen molar-refractivity contribution in [2.75, 3.05) is 4.90 Å². The minimum absolute atomic E-state index is 0.0703. The summed E-state index contributed by atoms with van der Waals surface area (Å²) in [5, 5.41) is 11.1. The molecule has 1 aliphatic heterocycles. The van der Waals surface area contributed by atoms with Crippen molar-refractivity contribution in [1.82, 2.24) is 0 Å². The van der Waals surface area contributed by atoms with Gasteiger partial charge in [0.2, 0.25) is 11.8 Å². The number of carbonyl (C=O) groups is 2. The lowest BCUT2D eigenvalue weighted by Gasteiger charge is -2.38. The lowest BCUT2D eigenvalue weighted by Crippen LogP contribution is -2.38. The van der Waals surface area contributed by atoms with Gasteiger partial charge in [0.25, 0.3) is 5.69 Å². The Morgan fingerprint density at radius 1 is 1.09 bits per heavy atom. The van der Waals surface area contributed by atoms with Gasteiger partial charge < -0.3 is 0 Å². The van der Waals surface area contributed by atoms with Crippen molar-refractivity contribution in [3.63, 3.8) is 0 Å². The smallest absolute Gasteiger partial charge is 0.274 e. The molecule has 1 heterocycles. The van der Waals surface area contributed by atoms with Crippen molar-refractivity contribution in [2.45, 2.75) is 19.8 Å². The number of anilines is 1. The molecule has 1 saturated carbocycles. The summed E-state index contributed by atoms with van der Waals surface area (Å²) in [5.41, 5.74) is 0.752. The van der Waals surface area contributed by atoms with Crippen molar-refractivity contribution < 1.29 is 14.5 Å².